The molecule has 1 saturated heterocycles. The van der Waals surface area contributed by atoms with Crippen molar-refractivity contribution in [2.24, 2.45) is 34.0 Å². The fourth-order valence-electron chi connectivity index (χ4n) is 8.83. The summed E-state index contributed by atoms with van der Waals surface area (Å²) in [6, 6.07) is 1.79. The van der Waals surface area contributed by atoms with Gasteiger partial charge in [-0.15, -0.1) is 0 Å². The molecule has 0 radical (unpaired) electrons. The summed E-state index contributed by atoms with van der Waals surface area (Å²) in [4.78, 5) is 65.4. The predicted molar refractivity (Wildman–Crippen MR) is 142 cm³/mol. The number of allylic oxidation sites excluding steroid dienone is 1. The van der Waals surface area contributed by atoms with Crippen molar-refractivity contribution < 1.29 is 47.3 Å². The summed E-state index contributed by atoms with van der Waals surface area (Å²) >= 11 is 0. The van der Waals surface area contributed by atoms with Crippen LogP contribution in [0.25, 0.3) is 0 Å². The lowest BCUT2D eigenvalue weighted by Gasteiger charge is -2.64. The molecule has 2 saturated carbocycles. The van der Waals surface area contributed by atoms with Gasteiger partial charge >= 0.3 is 23.9 Å². The number of cyclic esters (lactones) is 1. The van der Waals surface area contributed by atoms with E-state index in [1.165, 1.54) is 21.0 Å². The Morgan fingerprint density at radius 3 is 2.37 bits per heavy atom. The van der Waals surface area contributed by atoms with Crippen molar-refractivity contribution in [1.82, 2.24) is 0 Å². The van der Waals surface area contributed by atoms with Crippen molar-refractivity contribution in [2.45, 2.75) is 85.5 Å². The van der Waals surface area contributed by atoms with Gasteiger partial charge in [-0.25, -0.2) is 4.79 Å². The van der Waals surface area contributed by atoms with Gasteiger partial charge in [-0.3, -0.25) is 19.2 Å². The third-order valence-corrected chi connectivity index (χ3v) is 10.3. The standard InChI is InChI=1S/C31H38O10/c1-15(32)39-23(28(36)37-7)24-29(3,4)27(40-16(2)33)19-12-18-20(31(24,6)25(19)35)8-10-30(5)21(18)13-22(34)41-26(30)17-9-11-38-14-17/h9,11,14,19-20,23-24,26-27H,8,10,12-13H2,1-7H3/t19-,20+,23+,24+,26-,27+,30+,31-/m0/s1. The minimum Gasteiger partial charge on any atom is -0.472 e. The molecule has 1 aromatic rings. The van der Waals surface area contributed by atoms with Crippen LogP contribution in [0.1, 0.15) is 78.9 Å². The molecule has 1 aliphatic heterocycles. The van der Waals surface area contributed by atoms with E-state index in [9.17, 15) is 24.0 Å². The van der Waals surface area contributed by atoms with Crippen LogP contribution < -0.4 is 0 Å². The molecule has 2 bridgehead atoms. The van der Waals surface area contributed by atoms with Crippen molar-refractivity contribution in [2.75, 3.05) is 7.11 Å². The number of esters is 4. The molecule has 10 heteroatoms. The first kappa shape index (κ1) is 29.1. The van der Waals surface area contributed by atoms with Gasteiger partial charge in [0.1, 0.15) is 18.0 Å². The Morgan fingerprint density at radius 2 is 1.78 bits per heavy atom. The van der Waals surface area contributed by atoms with Crippen LogP contribution in [0.4, 0.5) is 0 Å². The van der Waals surface area contributed by atoms with E-state index >= 15 is 0 Å². The topological polar surface area (TPSA) is 135 Å². The van der Waals surface area contributed by atoms with E-state index in [2.05, 4.69) is 6.92 Å². The van der Waals surface area contributed by atoms with Crippen LogP contribution in [-0.4, -0.2) is 49.0 Å². The zero-order valence-corrected chi connectivity index (χ0v) is 24.6. The van der Waals surface area contributed by atoms with Crippen LogP contribution in [0.5, 0.6) is 0 Å². The van der Waals surface area contributed by atoms with Gasteiger partial charge in [-0.2, -0.15) is 0 Å². The van der Waals surface area contributed by atoms with E-state index in [0.717, 1.165) is 16.7 Å². The Labute approximate surface area is 239 Å². The third-order valence-electron chi connectivity index (χ3n) is 10.3. The van der Waals surface area contributed by atoms with Crippen molar-refractivity contribution in [3.63, 3.8) is 0 Å². The fourth-order valence-corrected chi connectivity index (χ4v) is 8.83. The molecule has 0 N–H and O–H groups in total. The van der Waals surface area contributed by atoms with Gasteiger partial charge in [0.15, 0.2) is 0 Å². The second-order valence-electron chi connectivity index (χ2n) is 13.0. The Morgan fingerprint density at radius 1 is 1.07 bits per heavy atom. The van der Waals surface area contributed by atoms with Crippen LogP contribution in [0.15, 0.2) is 34.2 Å². The molecule has 2 heterocycles. The maximum atomic E-state index is 14.5. The number of hydrogen-bond donors (Lipinski definition) is 0. The Kier molecular flexibility index (Phi) is 6.98. The SMILES string of the molecule is COC(=O)[C@H](OC(C)=O)[C@@H]1C(C)(C)[C@H](OC(C)=O)[C@H]2CC3=C4CC(=O)O[C@@H](c5ccoc5)[C@]4(C)CC[C@H]3[C@]1(C)C2=O. The molecule has 4 aliphatic rings. The quantitative estimate of drug-likeness (QED) is 0.287. The Bertz CT molecular complexity index is 1320. The minimum atomic E-state index is -1.41. The average molecular weight is 571 g/mol. The van der Waals surface area contributed by atoms with Gasteiger partial charge in [0.2, 0.25) is 6.10 Å². The Balaban J connectivity index is 1.74. The summed E-state index contributed by atoms with van der Waals surface area (Å²) in [6.45, 7) is 10.1. The molecule has 41 heavy (non-hydrogen) atoms. The highest BCUT2D eigenvalue weighted by Crippen LogP contribution is 2.68. The maximum Gasteiger partial charge on any atom is 0.347 e. The number of carbonyl (C=O) groups is 5. The first-order chi connectivity index (χ1) is 19.2. The lowest BCUT2D eigenvalue weighted by molar-refractivity contribution is -0.217. The fraction of sp³-hybridized carbons (Fsp3) is 0.645. The molecular formula is C31H38O10. The van der Waals surface area contributed by atoms with Gasteiger partial charge in [0.25, 0.3) is 0 Å². The zero-order chi connectivity index (χ0) is 30.1. The summed E-state index contributed by atoms with van der Waals surface area (Å²) in [5.41, 5.74) is -0.0634. The van der Waals surface area contributed by atoms with Crippen LogP contribution in [0, 0.1) is 34.0 Å². The number of hydrogen-bond acceptors (Lipinski definition) is 10. The molecule has 8 atom stereocenters. The number of Topliss-reactive ketones (excluding diaryl/α,β-unsaturated/α-hetero) is 1. The molecule has 0 unspecified atom stereocenters. The lowest BCUT2D eigenvalue weighted by Crippen LogP contribution is -2.69. The zero-order valence-electron chi connectivity index (χ0n) is 24.6. The third kappa shape index (κ3) is 4.24. The maximum absolute atomic E-state index is 14.5. The molecule has 5 rings (SSSR count). The van der Waals surface area contributed by atoms with E-state index in [1.807, 2.05) is 20.8 Å². The number of rotatable bonds is 5. The second-order valence-corrected chi connectivity index (χ2v) is 13.0. The monoisotopic (exact) mass is 570 g/mol. The molecule has 0 spiro atoms. The van der Waals surface area contributed by atoms with E-state index in [0.29, 0.717) is 19.3 Å². The van der Waals surface area contributed by atoms with E-state index in [-0.39, 0.29) is 24.1 Å². The predicted octanol–water partition coefficient (Wildman–Crippen LogP) is 4.27. The number of ketones is 1. The van der Waals surface area contributed by atoms with Gasteiger partial charge in [-0.05, 0) is 36.8 Å². The highest BCUT2D eigenvalue weighted by Gasteiger charge is 2.71. The van der Waals surface area contributed by atoms with Crippen molar-refractivity contribution >= 4 is 29.7 Å². The minimum absolute atomic E-state index is 0.0738. The first-order valence-corrected chi connectivity index (χ1v) is 14.1. The number of methoxy groups -OCH3 is 1. The van der Waals surface area contributed by atoms with Crippen LogP contribution in [-0.2, 0) is 42.9 Å². The number of ether oxygens (including phenoxy) is 4. The summed E-state index contributed by atoms with van der Waals surface area (Å²) in [6.07, 6.45) is 1.84. The van der Waals surface area contributed by atoms with Crippen molar-refractivity contribution in [3.8, 4) is 0 Å². The molecule has 0 aromatic carbocycles. The first-order valence-electron chi connectivity index (χ1n) is 14.1. The van der Waals surface area contributed by atoms with Crippen LogP contribution in [0.2, 0.25) is 0 Å². The van der Waals surface area contributed by atoms with Gasteiger partial charge in [0.05, 0.1) is 32.0 Å². The number of furan rings is 1. The normalized spacial score (nSPS) is 36.3. The summed E-state index contributed by atoms with van der Waals surface area (Å²) in [5, 5.41) is 0. The second kappa shape index (κ2) is 9.84. The van der Waals surface area contributed by atoms with Crippen molar-refractivity contribution in [3.05, 3.63) is 35.3 Å². The van der Waals surface area contributed by atoms with Gasteiger partial charge in [0, 0.05) is 41.6 Å². The van der Waals surface area contributed by atoms with E-state index in [1.54, 1.807) is 18.6 Å². The smallest absolute Gasteiger partial charge is 0.347 e. The molecule has 222 valence electrons. The average Bonchev–Trinajstić information content (AvgIpc) is 3.42. The molecule has 3 fully saturated rings. The Hall–Kier alpha value is -3.43. The van der Waals surface area contributed by atoms with Gasteiger partial charge < -0.3 is 23.4 Å². The summed E-state index contributed by atoms with van der Waals surface area (Å²) in [5.74, 6) is -4.48. The molecular weight excluding hydrogens is 532 g/mol. The number of carbonyl (C=O) groups excluding carboxylic acids is 5. The van der Waals surface area contributed by atoms with Gasteiger partial charge in [-0.1, -0.05) is 33.3 Å². The van der Waals surface area contributed by atoms with E-state index < -0.39 is 64.3 Å². The molecule has 10 nitrogen and oxygen atoms in total. The molecule has 0 amide bonds. The van der Waals surface area contributed by atoms with Crippen LogP contribution in [0.3, 0.4) is 0 Å². The largest absolute Gasteiger partial charge is 0.472 e. The lowest BCUT2D eigenvalue weighted by atomic mass is 9.40. The summed E-state index contributed by atoms with van der Waals surface area (Å²) in [7, 11) is 1.20. The summed E-state index contributed by atoms with van der Waals surface area (Å²) < 4.78 is 27.8. The number of fused-ring (bicyclic) bond motifs is 5. The molecule has 1 aromatic heterocycles. The van der Waals surface area contributed by atoms with Crippen molar-refractivity contribution in [1.29, 1.82) is 0 Å². The highest BCUT2D eigenvalue weighted by molar-refractivity contribution is 5.93. The molecule has 3 aliphatic carbocycles. The highest BCUT2D eigenvalue weighted by atomic mass is 16.6. The van der Waals surface area contributed by atoms with E-state index in [4.69, 9.17) is 23.4 Å². The van der Waals surface area contributed by atoms with Crippen LogP contribution >= 0.6 is 0 Å².